The molecule has 0 spiro atoms. The van der Waals surface area contributed by atoms with Crippen LogP contribution in [0.1, 0.15) is 11.3 Å². The highest BCUT2D eigenvalue weighted by Gasteiger charge is 2.12. The molecule has 11 heteroatoms. The fraction of sp³-hybridized carbons (Fsp3) is 0.207. The molecule has 5 aromatic rings. The SMILES string of the molecule is COCCOCC(=O)Nc1ccc(-n2cc3ncnc(Nc4ccc(Oc5ccc(C)nc5)c(C)c4)c3n2)cc1. The van der Waals surface area contributed by atoms with Gasteiger partial charge in [-0.1, -0.05) is 0 Å². The van der Waals surface area contributed by atoms with Gasteiger partial charge in [0.15, 0.2) is 11.3 Å². The van der Waals surface area contributed by atoms with E-state index in [4.69, 9.17) is 19.3 Å². The van der Waals surface area contributed by atoms with E-state index in [1.54, 1.807) is 30.1 Å². The number of aryl methyl sites for hydroxylation is 2. The number of amides is 1. The third-order valence-corrected chi connectivity index (χ3v) is 5.93. The number of aromatic nitrogens is 5. The van der Waals surface area contributed by atoms with Gasteiger partial charge in [-0.25, -0.2) is 14.6 Å². The third-order valence-electron chi connectivity index (χ3n) is 5.93. The first-order valence-electron chi connectivity index (χ1n) is 12.6. The lowest BCUT2D eigenvalue weighted by Gasteiger charge is -2.11. The number of hydrogen-bond acceptors (Lipinski definition) is 9. The largest absolute Gasteiger partial charge is 0.455 e. The molecule has 0 unspecified atom stereocenters. The standard InChI is InChI=1S/C29H29N7O4/c1-19-14-22(7-11-26(19)40-24-10-4-20(2)30-15-24)34-29-28-25(31-18-32-29)16-36(35-28)23-8-5-21(6-9-23)33-27(37)17-39-13-12-38-3/h4-11,14-16,18H,12-13,17H2,1-3H3,(H,33,37)(H,31,32,34). The summed E-state index contributed by atoms with van der Waals surface area (Å²) >= 11 is 0. The van der Waals surface area contributed by atoms with Crippen molar-refractivity contribution in [3.05, 3.63) is 84.6 Å². The van der Waals surface area contributed by atoms with Gasteiger partial charge in [0.1, 0.15) is 29.9 Å². The molecule has 2 aromatic carbocycles. The first-order chi connectivity index (χ1) is 19.5. The number of hydrogen-bond donors (Lipinski definition) is 2. The van der Waals surface area contributed by atoms with Gasteiger partial charge in [-0.2, -0.15) is 5.10 Å². The molecule has 0 aliphatic carbocycles. The minimum atomic E-state index is -0.235. The smallest absolute Gasteiger partial charge is 0.250 e. The summed E-state index contributed by atoms with van der Waals surface area (Å²) in [5.41, 5.74) is 5.50. The summed E-state index contributed by atoms with van der Waals surface area (Å²) in [4.78, 5) is 25.1. The van der Waals surface area contributed by atoms with Crippen molar-refractivity contribution in [1.82, 2.24) is 24.7 Å². The number of methoxy groups -OCH3 is 1. The van der Waals surface area contributed by atoms with Gasteiger partial charge < -0.3 is 24.8 Å². The Kier molecular flexibility index (Phi) is 8.24. The molecule has 0 aliphatic heterocycles. The van der Waals surface area contributed by atoms with Crippen LogP contribution in [0.15, 0.2) is 73.3 Å². The van der Waals surface area contributed by atoms with Gasteiger partial charge in [0, 0.05) is 24.2 Å². The molecule has 40 heavy (non-hydrogen) atoms. The highest BCUT2D eigenvalue weighted by molar-refractivity contribution is 5.91. The van der Waals surface area contributed by atoms with Gasteiger partial charge >= 0.3 is 0 Å². The van der Waals surface area contributed by atoms with Crippen LogP contribution in [-0.2, 0) is 14.3 Å². The van der Waals surface area contributed by atoms with Gasteiger partial charge in [-0.3, -0.25) is 9.78 Å². The molecular weight excluding hydrogens is 510 g/mol. The Morgan fingerprint density at radius 1 is 0.950 bits per heavy atom. The monoisotopic (exact) mass is 539 g/mol. The van der Waals surface area contributed by atoms with Gasteiger partial charge in [0.25, 0.3) is 0 Å². The van der Waals surface area contributed by atoms with Crippen molar-refractivity contribution >= 4 is 34.1 Å². The second-order valence-corrected chi connectivity index (χ2v) is 9.01. The summed E-state index contributed by atoms with van der Waals surface area (Å²) in [6, 6.07) is 16.9. The van der Waals surface area contributed by atoms with E-state index in [9.17, 15) is 4.79 Å². The number of benzene rings is 2. The summed E-state index contributed by atoms with van der Waals surface area (Å²) in [7, 11) is 1.58. The lowest BCUT2D eigenvalue weighted by atomic mass is 10.2. The maximum atomic E-state index is 12.0. The molecule has 0 bridgehead atoms. The molecule has 11 nitrogen and oxygen atoms in total. The second kappa shape index (κ2) is 12.3. The van der Waals surface area contributed by atoms with E-state index >= 15 is 0 Å². The van der Waals surface area contributed by atoms with Crippen molar-refractivity contribution in [3.63, 3.8) is 0 Å². The first kappa shape index (κ1) is 26.7. The van der Waals surface area contributed by atoms with E-state index < -0.39 is 0 Å². The summed E-state index contributed by atoms with van der Waals surface area (Å²) < 4.78 is 17.9. The summed E-state index contributed by atoms with van der Waals surface area (Å²) in [6.45, 7) is 4.68. The van der Waals surface area contributed by atoms with Crippen molar-refractivity contribution in [2.24, 2.45) is 0 Å². The molecule has 3 aromatic heterocycles. The van der Waals surface area contributed by atoms with Crippen molar-refractivity contribution in [2.75, 3.05) is 37.6 Å². The second-order valence-electron chi connectivity index (χ2n) is 9.01. The Morgan fingerprint density at radius 3 is 2.52 bits per heavy atom. The number of nitrogens with one attached hydrogen (secondary N) is 2. The minimum absolute atomic E-state index is 0.0381. The maximum absolute atomic E-state index is 12.0. The van der Waals surface area contributed by atoms with Crippen LogP contribution in [0, 0.1) is 13.8 Å². The lowest BCUT2D eigenvalue weighted by molar-refractivity contribution is -0.121. The van der Waals surface area contributed by atoms with Crippen LogP contribution in [0.2, 0.25) is 0 Å². The molecule has 0 atom stereocenters. The number of anilines is 3. The Morgan fingerprint density at radius 2 is 1.77 bits per heavy atom. The zero-order chi connectivity index (χ0) is 27.9. The van der Waals surface area contributed by atoms with E-state index in [0.717, 1.165) is 28.4 Å². The lowest BCUT2D eigenvalue weighted by Crippen LogP contribution is -2.19. The molecule has 3 heterocycles. The van der Waals surface area contributed by atoms with Gasteiger partial charge in [-0.05, 0) is 74.0 Å². The van der Waals surface area contributed by atoms with Crippen LogP contribution < -0.4 is 15.4 Å². The zero-order valence-electron chi connectivity index (χ0n) is 22.4. The first-order valence-corrected chi connectivity index (χ1v) is 12.6. The highest BCUT2D eigenvalue weighted by atomic mass is 16.5. The van der Waals surface area contributed by atoms with E-state index in [1.165, 1.54) is 6.33 Å². The molecule has 0 radical (unpaired) electrons. The van der Waals surface area contributed by atoms with Gasteiger partial charge in [0.05, 0.1) is 31.3 Å². The average Bonchev–Trinajstić information content (AvgIpc) is 3.40. The fourth-order valence-corrected chi connectivity index (χ4v) is 3.88. The van der Waals surface area contributed by atoms with Crippen LogP contribution in [0.3, 0.4) is 0 Å². The van der Waals surface area contributed by atoms with Crippen LogP contribution in [-0.4, -0.2) is 57.6 Å². The Balaban J connectivity index is 1.27. The van der Waals surface area contributed by atoms with Crippen LogP contribution in [0.5, 0.6) is 11.5 Å². The summed E-state index contributed by atoms with van der Waals surface area (Å²) in [6.07, 6.45) is 5.04. The number of nitrogens with zero attached hydrogens (tertiary/aromatic N) is 5. The molecule has 204 valence electrons. The number of ether oxygens (including phenoxy) is 3. The minimum Gasteiger partial charge on any atom is -0.455 e. The topological polar surface area (TPSA) is 125 Å². The van der Waals surface area contributed by atoms with Crippen molar-refractivity contribution < 1.29 is 19.0 Å². The fourth-order valence-electron chi connectivity index (χ4n) is 3.88. The van der Waals surface area contributed by atoms with E-state index in [-0.39, 0.29) is 12.5 Å². The average molecular weight is 540 g/mol. The van der Waals surface area contributed by atoms with Crippen molar-refractivity contribution in [2.45, 2.75) is 13.8 Å². The molecule has 0 saturated heterocycles. The zero-order valence-corrected chi connectivity index (χ0v) is 22.4. The number of rotatable bonds is 11. The number of carbonyl (C=O) groups excluding carboxylic acids is 1. The Bertz CT molecular complexity index is 1600. The molecule has 0 aliphatic rings. The quantitative estimate of drug-likeness (QED) is 0.224. The number of pyridine rings is 1. The third kappa shape index (κ3) is 6.57. The van der Waals surface area contributed by atoms with Crippen LogP contribution in [0.25, 0.3) is 16.7 Å². The Labute approximate surface area is 231 Å². The Hall–Kier alpha value is -4.87. The molecule has 5 rings (SSSR count). The van der Waals surface area contributed by atoms with Crippen LogP contribution in [0.4, 0.5) is 17.2 Å². The normalized spacial score (nSPS) is 11.0. The van der Waals surface area contributed by atoms with E-state index in [1.807, 2.05) is 62.5 Å². The number of carbonyl (C=O) groups is 1. The summed E-state index contributed by atoms with van der Waals surface area (Å²) in [5, 5.41) is 10.9. The van der Waals surface area contributed by atoms with E-state index in [2.05, 4.69) is 25.6 Å². The molecule has 0 fully saturated rings. The van der Waals surface area contributed by atoms with Gasteiger partial charge in [0.2, 0.25) is 5.91 Å². The molecule has 2 N–H and O–H groups in total. The van der Waals surface area contributed by atoms with Crippen LogP contribution >= 0.6 is 0 Å². The van der Waals surface area contributed by atoms with E-state index in [0.29, 0.717) is 41.5 Å². The molecule has 0 saturated carbocycles. The highest BCUT2D eigenvalue weighted by Crippen LogP contribution is 2.29. The summed E-state index contributed by atoms with van der Waals surface area (Å²) in [5.74, 6) is 1.77. The number of fused-ring (bicyclic) bond motifs is 1. The predicted molar refractivity (Wildman–Crippen MR) is 151 cm³/mol. The van der Waals surface area contributed by atoms with Crippen molar-refractivity contribution in [1.29, 1.82) is 0 Å². The maximum Gasteiger partial charge on any atom is 0.250 e. The predicted octanol–water partition coefficient (Wildman–Crippen LogP) is 4.96. The van der Waals surface area contributed by atoms with Crippen molar-refractivity contribution in [3.8, 4) is 17.2 Å². The van der Waals surface area contributed by atoms with Gasteiger partial charge in [-0.15, -0.1) is 0 Å². The molecule has 1 amide bonds. The molecular formula is C29H29N7O4.